The van der Waals surface area contributed by atoms with Crippen LogP contribution in [0.2, 0.25) is 0 Å². The minimum atomic E-state index is -0.506. The van der Waals surface area contributed by atoms with Crippen molar-refractivity contribution >= 4 is 21.8 Å². The first kappa shape index (κ1) is 11.1. The van der Waals surface area contributed by atoms with E-state index in [2.05, 4.69) is 26.2 Å². The summed E-state index contributed by atoms with van der Waals surface area (Å²) in [6.07, 6.45) is 1.64. The molecule has 5 heteroatoms. The van der Waals surface area contributed by atoms with Crippen LogP contribution in [0.15, 0.2) is 22.8 Å². The van der Waals surface area contributed by atoms with Crippen molar-refractivity contribution in [1.82, 2.24) is 10.3 Å². The lowest BCUT2D eigenvalue weighted by molar-refractivity contribution is -0.120. The van der Waals surface area contributed by atoms with Crippen LogP contribution in [0.25, 0.3) is 0 Å². The number of rotatable bonds is 4. The van der Waals surface area contributed by atoms with E-state index in [1.54, 1.807) is 12.3 Å². The van der Waals surface area contributed by atoms with Gasteiger partial charge in [0.2, 0.25) is 5.91 Å². The zero-order chi connectivity index (χ0) is 10.6. The molecule has 76 valence electrons. The Kier molecular flexibility index (Phi) is 4.03. The molecule has 1 atom stereocenters. The Morgan fingerprint density at radius 1 is 1.71 bits per heavy atom. The first-order chi connectivity index (χ1) is 6.65. The highest BCUT2D eigenvalue weighted by Gasteiger charge is 2.17. The van der Waals surface area contributed by atoms with Gasteiger partial charge in [-0.2, -0.15) is 0 Å². The number of nitrogens with zero attached hydrogens (tertiary/aromatic N) is 1. The molecule has 0 aromatic carbocycles. The van der Waals surface area contributed by atoms with Crippen LogP contribution in [0.5, 0.6) is 0 Å². The van der Waals surface area contributed by atoms with Crippen LogP contribution in [0.1, 0.15) is 18.7 Å². The maximum atomic E-state index is 11.1. The molecule has 4 nitrogen and oxygen atoms in total. The third-order valence-corrected chi connectivity index (χ3v) is 2.21. The molecule has 0 bridgehead atoms. The van der Waals surface area contributed by atoms with Crippen molar-refractivity contribution in [3.8, 4) is 0 Å². The van der Waals surface area contributed by atoms with E-state index < -0.39 is 11.9 Å². The fourth-order valence-corrected chi connectivity index (χ4v) is 1.35. The Bertz CT molecular complexity index is 312. The minimum Gasteiger partial charge on any atom is -0.368 e. The lowest BCUT2D eigenvalue weighted by atomic mass is 10.2. The van der Waals surface area contributed by atoms with Gasteiger partial charge in [-0.3, -0.25) is 9.78 Å². The summed E-state index contributed by atoms with van der Waals surface area (Å²) in [6, 6.07) is 3.09. The lowest BCUT2D eigenvalue weighted by Gasteiger charge is -2.12. The smallest absolute Gasteiger partial charge is 0.240 e. The summed E-state index contributed by atoms with van der Waals surface area (Å²) in [5.74, 6) is -0.415. The zero-order valence-corrected chi connectivity index (χ0v) is 9.41. The van der Waals surface area contributed by atoms with Crippen molar-refractivity contribution in [1.29, 1.82) is 0 Å². The average Bonchev–Trinajstić information content (AvgIpc) is 2.15. The molecule has 1 rings (SSSR count). The molecule has 14 heavy (non-hydrogen) atoms. The molecule has 1 aromatic rings. The number of hydrogen-bond acceptors (Lipinski definition) is 3. The summed E-state index contributed by atoms with van der Waals surface area (Å²) < 4.78 is 0.876. The van der Waals surface area contributed by atoms with E-state index in [0.717, 1.165) is 4.47 Å². The van der Waals surface area contributed by atoms with Crippen molar-refractivity contribution < 1.29 is 4.79 Å². The first-order valence-electron chi connectivity index (χ1n) is 4.29. The van der Waals surface area contributed by atoms with E-state index >= 15 is 0 Å². The number of pyridine rings is 1. The molecular formula is C9H12BrN3O. The number of amides is 1. The van der Waals surface area contributed by atoms with Gasteiger partial charge in [-0.25, -0.2) is 0 Å². The van der Waals surface area contributed by atoms with Gasteiger partial charge in [0.25, 0.3) is 0 Å². The van der Waals surface area contributed by atoms with Gasteiger partial charge in [-0.05, 0) is 34.6 Å². The molecule has 0 fully saturated rings. The van der Waals surface area contributed by atoms with Crippen LogP contribution in [-0.4, -0.2) is 17.4 Å². The highest BCUT2D eigenvalue weighted by atomic mass is 79.9. The molecule has 0 aliphatic heterocycles. The Labute approximate surface area is 91.0 Å². The van der Waals surface area contributed by atoms with Gasteiger partial charge in [-0.15, -0.1) is 0 Å². The van der Waals surface area contributed by atoms with E-state index in [1.807, 2.05) is 13.0 Å². The average molecular weight is 258 g/mol. The van der Waals surface area contributed by atoms with Crippen molar-refractivity contribution in [2.24, 2.45) is 5.73 Å². The fourth-order valence-electron chi connectivity index (χ4n) is 1.11. The summed E-state index contributed by atoms with van der Waals surface area (Å²) in [5.41, 5.74) is 5.88. The van der Waals surface area contributed by atoms with E-state index in [9.17, 15) is 4.79 Å². The number of carbonyl (C=O) groups excluding carboxylic acids is 1. The number of halogens is 1. The second-order valence-electron chi connectivity index (χ2n) is 2.79. The van der Waals surface area contributed by atoms with Crippen LogP contribution < -0.4 is 11.1 Å². The summed E-state index contributed by atoms with van der Waals surface area (Å²) >= 11 is 3.27. The molecule has 0 saturated heterocycles. The van der Waals surface area contributed by atoms with Gasteiger partial charge < -0.3 is 11.1 Å². The summed E-state index contributed by atoms with van der Waals surface area (Å²) in [5, 5.41) is 2.97. The number of nitrogens with one attached hydrogen (secondary N) is 1. The summed E-state index contributed by atoms with van der Waals surface area (Å²) in [7, 11) is 0. The second kappa shape index (κ2) is 5.07. The first-order valence-corrected chi connectivity index (χ1v) is 5.08. The molecule has 1 aromatic heterocycles. The molecule has 1 amide bonds. The van der Waals surface area contributed by atoms with E-state index in [4.69, 9.17) is 5.73 Å². The van der Waals surface area contributed by atoms with Crippen molar-refractivity contribution in [3.63, 3.8) is 0 Å². The van der Waals surface area contributed by atoms with Crippen LogP contribution in [0.3, 0.4) is 0 Å². The molecule has 0 aliphatic carbocycles. The molecule has 1 heterocycles. The van der Waals surface area contributed by atoms with E-state index in [1.165, 1.54) is 0 Å². The summed E-state index contributed by atoms with van der Waals surface area (Å²) in [6.45, 7) is 2.58. The molecule has 0 spiro atoms. The lowest BCUT2D eigenvalue weighted by Crippen LogP contribution is -2.34. The van der Waals surface area contributed by atoms with Gasteiger partial charge in [-0.1, -0.05) is 6.92 Å². The highest BCUT2D eigenvalue weighted by molar-refractivity contribution is 9.10. The highest BCUT2D eigenvalue weighted by Crippen LogP contribution is 2.13. The number of likely N-dealkylation sites (N-methyl/N-ethyl adjacent to an activating group) is 1. The van der Waals surface area contributed by atoms with Gasteiger partial charge in [0.05, 0.1) is 5.69 Å². The molecule has 3 N–H and O–H groups in total. The Morgan fingerprint density at radius 2 is 2.43 bits per heavy atom. The predicted molar refractivity (Wildman–Crippen MR) is 57.5 cm³/mol. The maximum Gasteiger partial charge on any atom is 0.240 e. The standard InChI is InChI=1S/C9H12BrN3O/c1-2-12-8(9(11)14)7-4-3-6(10)5-13-7/h3-5,8,12H,2H2,1H3,(H2,11,14). The third kappa shape index (κ3) is 2.78. The second-order valence-corrected chi connectivity index (χ2v) is 3.71. The van der Waals surface area contributed by atoms with Crippen LogP contribution >= 0.6 is 15.9 Å². The van der Waals surface area contributed by atoms with Crippen LogP contribution in [0.4, 0.5) is 0 Å². The monoisotopic (exact) mass is 257 g/mol. The Morgan fingerprint density at radius 3 is 2.86 bits per heavy atom. The van der Waals surface area contributed by atoms with Crippen LogP contribution in [-0.2, 0) is 4.79 Å². The topological polar surface area (TPSA) is 68.0 Å². The van der Waals surface area contributed by atoms with Gasteiger partial charge in [0.1, 0.15) is 6.04 Å². The summed E-state index contributed by atoms with van der Waals surface area (Å²) in [4.78, 5) is 15.2. The third-order valence-electron chi connectivity index (χ3n) is 1.74. The number of primary amides is 1. The Hall–Kier alpha value is -0.940. The quantitative estimate of drug-likeness (QED) is 0.845. The predicted octanol–water partition coefficient (Wildman–Crippen LogP) is 0.980. The van der Waals surface area contributed by atoms with E-state index in [-0.39, 0.29) is 0 Å². The van der Waals surface area contributed by atoms with Gasteiger partial charge in [0.15, 0.2) is 0 Å². The molecule has 0 aliphatic rings. The van der Waals surface area contributed by atoms with Crippen molar-refractivity contribution in [3.05, 3.63) is 28.5 Å². The molecule has 1 unspecified atom stereocenters. The minimum absolute atomic E-state index is 0.415. The molecule has 0 saturated carbocycles. The number of carbonyl (C=O) groups is 1. The van der Waals surface area contributed by atoms with Gasteiger partial charge in [0, 0.05) is 10.7 Å². The van der Waals surface area contributed by atoms with Crippen LogP contribution in [0, 0.1) is 0 Å². The van der Waals surface area contributed by atoms with E-state index in [0.29, 0.717) is 12.2 Å². The Balaban J connectivity index is 2.87. The van der Waals surface area contributed by atoms with Gasteiger partial charge >= 0.3 is 0 Å². The number of aromatic nitrogens is 1. The maximum absolute atomic E-state index is 11.1. The fraction of sp³-hybridized carbons (Fsp3) is 0.333. The zero-order valence-electron chi connectivity index (χ0n) is 7.83. The SMILES string of the molecule is CCNC(C(N)=O)c1ccc(Br)cn1. The normalized spacial score (nSPS) is 12.4. The number of nitrogens with two attached hydrogens (primary N) is 1. The molecule has 0 radical (unpaired) electrons. The molecular weight excluding hydrogens is 246 g/mol. The van der Waals surface area contributed by atoms with Crippen molar-refractivity contribution in [2.75, 3.05) is 6.54 Å². The van der Waals surface area contributed by atoms with Crippen molar-refractivity contribution in [2.45, 2.75) is 13.0 Å². The number of hydrogen-bond donors (Lipinski definition) is 2. The largest absolute Gasteiger partial charge is 0.368 e.